The molecule has 3 rings (SSSR count). The van der Waals surface area contributed by atoms with Crippen LogP contribution in [0, 0.1) is 6.92 Å². The summed E-state index contributed by atoms with van der Waals surface area (Å²) in [4.78, 5) is 16.9. The molecule has 21 heavy (non-hydrogen) atoms. The highest BCUT2D eigenvalue weighted by Gasteiger charge is 2.30. The molecule has 0 saturated carbocycles. The molecule has 2 aliphatic heterocycles. The maximum Gasteiger partial charge on any atom is 0.321 e. The number of carbonyl (C=O) groups is 1. The van der Waals surface area contributed by atoms with Crippen LogP contribution in [-0.4, -0.2) is 48.1 Å². The third-order valence-corrected chi connectivity index (χ3v) is 5.42. The second kappa shape index (κ2) is 6.36. The highest BCUT2D eigenvalue weighted by molar-refractivity contribution is 9.10. The van der Waals surface area contributed by atoms with Crippen LogP contribution in [0.1, 0.15) is 24.8 Å². The minimum Gasteiger partial charge on any atom is -0.322 e. The smallest absolute Gasteiger partial charge is 0.321 e. The summed E-state index contributed by atoms with van der Waals surface area (Å²) in [6, 6.07) is 6.50. The standard InChI is InChI=1S/C16H22BrN3O/c1-12-10-13(5-6-15(12)17)18-16(21)20-9-8-19-7-3-2-4-14(19)11-20/h5-6,10,14H,2-4,7-9,11H2,1H3,(H,18,21)/t14-/m0/s1. The number of piperidine rings is 1. The SMILES string of the molecule is Cc1cc(NC(=O)N2CCN3CCCC[C@H]3C2)ccc1Br. The fraction of sp³-hybridized carbons (Fsp3) is 0.562. The van der Waals surface area contributed by atoms with Gasteiger partial charge >= 0.3 is 6.03 Å². The van der Waals surface area contributed by atoms with E-state index in [9.17, 15) is 4.79 Å². The molecule has 1 atom stereocenters. The van der Waals surface area contributed by atoms with Crippen LogP contribution in [0.15, 0.2) is 22.7 Å². The number of amides is 2. The van der Waals surface area contributed by atoms with Gasteiger partial charge in [0.05, 0.1) is 0 Å². The maximum atomic E-state index is 12.4. The molecule has 0 radical (unpaired) electrons. The molecule has 1 N–H and O–H groups in total. The first-order chi connectivity index (χ1) is 10.1. The van der Waals surface area contributed by atoms with Crippen molar-refractivity contribution in [3.05, 3.63) is 28.2 Å². The van der Waals surface area contributed by atoms with E-state index >= 15 is 0 Å². The second-order valence-corrected chi connectivity index (χ2v) is 6.88. The molecule has 0 spiro atoms. The van der Waals surface area contributed by atoms with Crippen molar-refractivity contribution < 1.29 is 4.79 Å². The van der Waals surface area contributed by atoms with Crippen LogP contribution in [0.3, 0.4) is 0 Å². The Kier molecular flexibility index (Phi) is 4.50. The number of aryl methyl sites for hydroxylation is 1. The van der Waals surface area contributed by atoms with E-state index in [-0.39, 0.29) is 6.03 Å². The number of benzene rings is 1. The Morgan fingerprint density at radius 2 is 2.14 bits per heavy atom. The quantitative estimate of drug-likeness (QED) is 0.840. The number of hydrogen-bond donors (Lipinski definition) is 1. The van der Waals surface area contributed by atoms with Gasteiger partial charge in [0.25, 0.3) is 0 Å². The van der Waals surface area contributed by atoms with Crippen molar-refractivity contribution >= 4 is 27.6 Å². The number of rotatable bonds is 1. The monoisotopic (exact) mass is 351 g/mol. The summed E-state index contributed by atoms with van der Waals surface area (Å²) in [7, 11) is 0. The lowest BCUT2D eigenvalue weighted by Crippen LogP contribution is -2.56. The normalized spacial score (nSPS) is 22.8. The van der Waals surface area contributed by atoms with Crippen LogP contribution in [0.4, 0.5) is 10.5 Å². The number of piperazine rings is 1. The van der Waals surface area contributed by atoms with E-state index in [4.69, 9.17) is 0 Å². The van der Waals surface area contributed by atoms with Gasteiger partial charge in [0, 0.05) is 35.8 Å². The van der Waals surface area contributed by atoms with Gasteiger partial charge in [-0.1, -0.05) is 22.4 Å². The summed E-state index contributed by atoms with van der Waals surface area (Å²) in [6.07, 6.45) is 3.82. The van der Waals surface area contributed by atoms with E-state index in [2.05, 4.69) is 26.1 Å². The molecule has 2 heterocycles. The molecule has 4 nitrogen and oxygen atoms in total. The Bertz CT molecular complexity index is 534. The third-order valence-electron chi connectivity index (χ3n) is 4.53. The zero-order valence-electron chi connectivity index (χ0n) is 12.4. The van der Waals surface area contributed by atoms with Crippen molar-refractivity contribution in [1.29, 1.82) is 0 Å². The molecule has 1 aromatic carbocycles. The van der Waals surface area contributed by atoms with E-state index in [1.54, 1.807) is 0 Å². The molecule has 0 unspecified atom stereocenters. The van der Waals surface area contributed by atoms with Crippen LogP contribution in [0.5, 0.6) is 0 Å². The molecule has 2 amide bonds. The molecular weight excluding hydrogens is 330 g/mol. The van der Waals surface area contributed by atoms with Gasteiger partial charge in [0.2, 0.25) is 0 Å². The van der Waals surface area contributed by atoms with Gasteiger partial charge < -0.3 is 10.2 Å². The predicted octanol–water partition coefficient (Wildman–Crippen LogP) is 3.46. The van der Waals surface area contributed by atoms with E-state index in [0.29, 0.717) is 6.04 Å². The average molecular weight is 352 g/mol. The van der Waals surface area contributed by atoms with Crippen LogP contribution in [0.2, 0.25) is 0 Å². The molecule has 1 aromatic rings. The van der Waals surface area contributed by atoms with Gasteiger partial charge in [-0.2, -0.15) is 0 Å². The fourth-order valence-corrected chi connectivity index (χ4v) is 3.51. The summed E-state index contributed by atoms with van der Waals surface area (Å²) < 4.78 is 1.07. The molecular formula is C16H22BrN3O. The first-order valence-corrected chi connectivity index (χ1v) is 8.49. The number of hydrogen-bond acceptors (Lipinski definition) is 2. The number of urea groups is 1. The molecule has 5 heteroatoms. The topological polar surface area (TPSA) is 35.6 Å². The first-order valence-electron chi connectivity index (χ1n) is 7.69. The number of anilines is 1. The Morgan fingerprint density at radius 1 is 1.29 bits per heavy atom. The molecule has 114 valence electrons. The van der Waals surface area contributed by atoms with E-state index < -0.39 is 0 Å². The van der Waals surface area contributed by atoms with E-state index in [1.807, 2.05) is 30.0 Å². The number of nitrogens with one attached hydrogen (secondary N) is 1. The Labute approximate surface area is 134 Å². The zero-order valence-corrected chi connectivity index (χ0v) is 14.0. The first kappa shape index (κ1) is 14.9. The zero-order chi connectivity index (χ0) is 14.8. The van der Waals surface area contributed by atoms with Gasteiger partial charge in [-0.25, -0.2) is 4.79 Å². The summed E-state index contributed by atoms with van der Waals surface area (Å²) in [5.41, 5.74) is 2.00. The Hall–Kier alpha value is -1.07. The number of nitrogens with zero attached hydrogens (tertiary/aromatic N) is 2. The van der Waals surface area contributed by atoms with Crippen LogP contribution in [-0.2, 0) is 0 Å². The van der Waals surface area contributed by atoms with E-state index in [1.165, 1.54) is 25.8 Å². The van der Waals surface area contributed by atoms with E-state index in [0.717, 1.165) is 35.4 Å². The van der Waals surface area contributed by atoms with Crippen molar-refractivity contribution in [2.75, 3.05) is 31.5 Å². The molecule has 0 bridgehead atoms. The third kappa shape index (κ3) is 3.40. The average Bonchev–Trinajstić information content (AvgIpc) is 2.50. The van der Waals surface area contributed by atoms with Gasteiger partial charge in [-0.15, -0.1) is 0 Å². The summed E-state index contributed by atoms with van der Waals surface area (Å²) in [5, 5.41) is 3.02. The minimum absolute atomic E-state index is 0.0296. The Morgan fingerprint density at radius 3 is 2.95 bits per heavy atom. The van der Waals surface area contributed by atoms with Gasteiger partial charge in [-0.3, -0.25) is 4.90 Å². The largest absolute Gasteiger partial charge is 0.322 e. The lowest BCUT2D eigenvalue weighted by atomic mass is 10.00. The lowest BCUT2D eigenvalue weighted by Gasteiger charge is -2.43. The van der Waals surface area contributed by atoms with Crippen LogP contribution < -0.4 is 5.32 Å². The summed E-state index contributed by atoms with van der Waals surface area (Å²) in [5.74, 6) is 0. The second-order valence-electron chi connectivity index (χ2n) is 6.03. The Balaban J connectivity index is 1.61. The van der Waals surface area contributed by atoms with Crippen molar-refractivity contribution in [3.8, 4) is 0 Å². The minimum atomic E-state index is 0.0296. The van der Waals surface area contributed by atoms with Crippen molar-refractivity contribution in [1.82, 2.24) is 9.80 Å². The number of fused-ring (bicyclic) bond motifs is 1. The van der Waals surface area contributed by atoms with Gasteiger partial charge in [0.15, 0.2) is 0 Å². The van der Waals surface area contributed by atoms with Crippen molar-refractivity contribution in [2.24, 2.45) is 0 Å². The van der Waals surface area contributed by atoms with Gasteiger partial charge in [-0.05, 0) is 50.1 Å². The van der Waals surface area contributed by atoms with Crippen LogP contribution in [0.25, 0.3) is 0 Å². The molecule has 2 saturated heterocycles. The highest BCUT2D eigenvalue weighted by Crippen LogP contribution is 2.23. The number of halogens is 1. The van der Waals surface area contributed by atoms with Gasteiger partial charge in [0.1, 0.15) is 0 Å². The lowest BCUT2D eigenvalue weighted by molar-refractivity contribution is 0.0678. The van der Waals surface area contributed by atoms with Crippen LogP contribution >= 0.6 is 15.9 Å². The van der Waals surface area contributed by atoms with Crippen molar-refractivity contribution in [2.45, 2.75) is 32.2 Å². The number of carbonyl (C=O) groups excluding carboxylic acids is 1. The molecule has 2 aliphatic rings. The maximum absolute atomic E-state index is 12.4. The summed E-state index contributed by atoms with van der Waals surface area (Å²) in [6.45, 7) is 5.93. The highest BCUT2D eigenvalue weighted by atomic mass is 79.9. The predicted molar refractivity (Wildman–Crippen MR) is 88.7 cm³/mol. The molecule has 0 aromatic heterocycles. The molecule has 2 fully saturated rings. The summed E-state index contributed by atoms with van der Waals surface area (Å²) >= 11 is 3.48. The van der Waals surface area contributed by atoms with Crippen molar-refractivity contribution in [3.63, 3.8) is 0 Å². The fourth-order valence-electron chi connectivity index (χ4n) is 3.27. The molecule has 0 aliphatic carbocycles.